The third-order valence-electron chi connectivity index (χ3n) is 2.85. The zero-order chi connectivity index (χ0) is 10.1. The Morgan fingerprint density at radius 2 is 2.36 bits per heavy atom. The lowest BCUT2D eigenvalue weighted by atomic mass is 9.98. The molecule has 0 amide bonds. The van der Waals surface area contributed by atoms with Crippen LogP contribution in [-0.2, 0) is 0 Å². The summed E-state index contributed by atoms with van der Waals surface area (Å²) in [5.41, 5.74) is 8.25. The Morgan fingerprint density at radius 1 is 1.57 bits per heavy atom. The van der Waals surface area contributed by atoms with Gasteiger partial charge in [-0.1, -0.05) is 17.7 Å². The van der Waals surface area contributed by atoms with E-state index in [-0.39, 0.29) is 0 Å². The first-order valence-electron chi connectivity index (χ1n) is 4.93. The molecule has 0 bridgehead atoms. The molecule has 2 rings (SSSR count). The number of hydrogen-bond acceptors (Lipinski definition) is 2. The van der Waals surface area contributed by atoms with Crippen LogP contribution in [-0.4, -0.2) is 20.1 Å². The molecule has 0 aliphatic carbocycles. The van der Waals surface area contributed by atoms with Crippen LogP contribution in [0.1, 0.15) is 17.9 Å². The molecule has 0 saturated carbocycles. The zero-order valence-corrected chi connectivity index (χ0v) is 9.09. The van der Waals surface area contributed by atoms with Gasteiger partial charge in [-0.3, -0.25) is 0 Å². The topological polar surface area (TPSA) is 29.3 Å². The maximum atomic E-state index is 5.96. The summed E-state index contributed by atoms with van der Waals surface area (Å²) in [6.07, 6.45) is 1.05. The number of anilines is 1. The van der Waals surface area contributed by atoms with Crippen molar-refractivity contribution < 1.29 is 0 Å². The van der Waals surface area contributed by atoms with Gasteiger partial charge in [0.1, 0.15) is 0 Å². The molecule has 0 spiro atoms. The zero-order valence-electron chi connectivity index (χ0n) is 8.33. The molecule has 76 valence electrons. The molecular formula is C11H15ClN2. The van der Waals surface area contributed by atoms with Crippen LogP contribution >= 0.6 is 11.6 Å². The third-order valence-corrected chi connectivity index (χ3v) is 3.09. The van der Waals surface area contributed by atoms with E-state index in [0.29, 0.717) is 5.92 Å². The first-order valence-corrected chi connectivity index (χ1v) is 5.31. The van der Waals surface area contributed by atoms with Crippen molar-refractivity contribution in [3.05, 3.63) is 28.8 Å². The lowest BCUT2D eigenvalue weighted by Gasteiger charge is -2.12. The largest absolute Gasteiger partial charge is 0.374 e. The summed E-state index contributed by atoms with van der Waals surface area (Å²) in [6.45, 7) is 1.81. The van der Waals surface area contributed by atoms with Gasteiger partial charge in [0.25, 0.3) is 0 Å². The fourth-order valence-corrected chi connectivity index (χ4v) is 2.33. The van der Waals surface area contributed by atoms with Gasteiger partial charge >= 0.3 is 0 Å². The highest BCUT2D eigenvalue weighted by Gasteiger charge is 2.25. The molecule has 1 unspecified atom stereocenters. The minimum Gasteiger partial charge on any atom is -0.374 e. The van der Waals surface area contributed by atoms with Crippen molar-refractivity contribution >= 4 is 17.3 Å². The molecule has 1 aliphatic heterocycles. The summed E-state index contributed by atoms with van der Waals surface area (Å²) in [4.78, 5) is 2.25. The minimum absolute atomic E-state index is 0.581. The fraction of sp³-hybridized carbons (Fsp3) is 0.455. The van der Waals surface area contributed by atoms with Gasteiger partial charge in [0.15, 0.2) is 0 Å². The van der Waals surface area contributed by atoms with Gasteiger partial charge in [0.05, 0.1) is 0 Å². The molecule has 1 atom stereocenters. The average molecular weight is 211 g/mol. The van der Waals surface area contributed by atoms with Crippen LogP contribution in [0, 0.1) is 0 Å². The number of hydrogen-bond donors (Lipinski definition) is 1. The van der Waals surface area contributed by atoms with Gasteiger partial charge in [-0.05, 0) is 30.7 Å². The van der Waals surface area contributed by atoms with Gasteiger partial charge in [-0.15, -0.1) is 0 Å². The highest BCUT2D eigenvalue weighted by Crippen LogP contribution is 2.38. The number of halogens is 1. The van der Waals surface area contributed by atoms with Crippen LogP contribution in [0.2, 0.25) is 5.02 Å². The van der Waals surface area contributed by atoms with Crippen molar-refractivity contribution in [1.82, 2.24) is 0 Å². The van der Waals surface area contributed by atoms with Crippen molar-refractivity contribution in [3.8, 4) is 0 Å². The van der Waals surface area contributed by atoms with E-state index >= 15 is 0 Å². The number of nitrogens with two attached hydrogens (primary N) is 1. The highest BCUT2D eigenvalue weighted by molar-refractivity contribution is 6.30. The molecule has 1 aromatic carbocycles. The average Bonchev–Trinajstić information content (AvgIpc) is 2.44. The molecule has 1 aromatic rings. The second kappa shape index (κ2) is 3.79. The van der Waals surface area contributed by atoms with Crippen LogP contribution < -0.4 is 10.6 Å². The van der Waals surface area contributed by atoms with Crippen molar-refractivity contribution in [2.24, 2.45) is 5.73 Å². The van der Waals surface area contributed by atoms with E-state index in [2.05, 4.69) is 18.0 Å². The minimum atomic E-state index is 0.581. The second-order valence-electron chi connectivity index (χ2n) is 3.86. The Labute approximate surface area is 89.7 Å². The Morgan fingerprint density at radius 3 is 3.07 bits per heavy atom. The van der Waals surface area contributed by atoms with E-state index in [1.54, 1.807) is 0 Å². The Bertz CT molecular complexity index is 338. The number of fused-ring (bicyclic) bond motifs is 1. The van der Waals surface area contributed by atoms with Crippen molar-refractivity contribution in [1.29, 1.82) is 0 Å². The van der Waals surface area contributed by atoms with E-state index in [1.807, 2.05) is 12.1 Å². The van der Waals surface area contributed by atoms with Crippen LogP contribution in [0.4, 0.5) is 5.69 Å². The second-order valence-corrected chi connectivity index (χ2v) is 4.29. The monoisotopic (exact) mass is 210 g/mol. The SMILES string of the molecule is CN1CC(CCN)c2ccc(Cl)cc21. The first-order chi connectivity index (χ1) is 6.72. The van der Waals surface area contributed by atoms with Gasteiger partial charge in [-0.2, -0.15) is 0 Å². The van der Waals surface area contributed by atoms with Crippen molar-refractivity contribution in [3.63, 3.8) is 0 Å². The smallest absolute Gasteiger partial charge is 0.0426 e. The molecule has 2 N–H and O–H groups in total. The third kappa shape index (κ3) is 1.60. The Kier molecular flexibility index (Phi) is 2.66. The summed E-state index contributed by atoms with van der Waals surface area (Å²) in [5, 5.41) is 0.809. The molecular weight excluding hydrogens is 196 g/mol. The maximum Gasteiger partial charge on any atom is 0.0426 e. The first kappa shape index (κ1) is 9.81. The Hall–Kier alpha value is -0.730. The molecule has 1 aliphatic rings. The molecule has 1 heterocycles. The summed E-state index contributed by atoms with van der Waals surface area (Å²) in [5.74, 6) is 0.581. The van der Waals surface area contributed by atoms with Crippen LogP contribution in [0.25, 0.3) is 0 Å². The number of rotatable bonds is 2. The number of nitrogens with zero attached hydrogens (tertiary/aromatic N) is 1. The molecule has 14 heavy (non-hydrogen) atoms. The predicted octanol–water partition coefficient (Wildman–Crippen LogP) is 2.22. The summed E-state index contributed by atoms with van der Waals surface area (Å²) in [6, 6.07) is 6.12. The van der Waals surface area contributed by atoms with E-state index < -0.39 is 0 Å². The van der Waals surface area contributed by atoms with Gasteiger partial charge in [-0.25, -0.2) is 0 Å². The van der Waals surface area contributed by atoms with Gasteiger partial charge < -0.3 is 10.6 Å². The highest BCUT2D eigenvalue weighted by atomic mass is 35.5. The van der Waals surface area contributed by atoms with Crippen LogP contribution in [0.15, 0.2) is 18.2 Å². The summed E-state index contributed by atoms with van der Waals surface area (Å²) < 4.78 is 0. The molecule has 0 radical (unpaired) electrons. The normalized spacial score (nSPS) is 19.9. The molecule has 0 saturated heterocycles. The standard InChI is InChI=1S/C11H15ClN2/c1-14-7-8(4-5-13)10-3-2-9(12)6-11(10)14/h2-3,6,8H,4-5,7,13H2,1H3. The van der Waals surface area contributed by atoms with E-state index in [4.69, 9.17) is 17.3 Å². The summed E-state index contributed by atoms with van der Waals surface area (Å²) in [7, 11) is 2.10. The Balaban J connectivity index is 2.34. The summed E-state index contributed by atoms with van der Waals surface area (Å²) >= 11 is 5.96. The van der Waals surface area contributed by atoms with E-state index in [9.17, 15) is 0 Å². The predicted molar refractivity (Wildman–Crippen MR) is 61.1 cm³/mol. The lowest BCUT2D eigenvalue weighted by molar-refractivity contribution is 0.662. The molecule has 3 heteroatoms. The molecule has 0 aromatic heterocycles. The number of likely N-dealkylation sites (N-methyl/N-ethyl adjacent to an activating group) is 1. The number of benzene rings is 1. The van der Waals surface area contributed by atoms with Gasteiger partial charge in [0, 0.05) is 30.2 Å². The van der Waals surface area contributed by atoms with Gasteiger partial charge in [0.2, 0.25) is 0 Å². The van der Waals surface area contributed by atoms with Crippen LogP contribution in [0.3, 0.4) is 0 Å². The molecule has 0 fully saturated rings. The van der Waals surface area contributed by atoms with E-state index in [0.717, 1.165) is 24.5 Å². The van der Waals surface area contributed by atoms with E-state index in [1.165, 1.54) is 11.3 Å². The lowest BCUT2D eigenvalue weighted by Crippen LogP contribution is -2.17. The maximum absolute atomic E-state index is 5.96. The van der Waals surface area contributed by atoms with Crippen LogP contribution in [0.5, 0.6) is 0 Å². The molecule has 2 nitrogen and oxygen atoms in total. The quantitative estimate of drug-likeness (QED) is 0.811. The van der Waals surface area contributed by atoms with Crippen molar-refractivity contribution in [2.45, 2.75) is 12.3 Å². The van der Waals surface area contributed by atoms with Crippen molar-refractivity contribution in [2.75, 3.05) is 25.0 Å². The fourth-order valence-electron chi connectivity index (χ4n) is 2.17.